The number of rotatable bonds is 5. The van der Waals surface area contributed by atoms with Crippen molar-refractivity contribution in [3.05, 3.63) is 34.3 Å². The summed E-state index contributed by atoms with van der Waals surface area (Å²) in [6, 6.07) is 8.10. The third kappa shape index (κ3) is 3.89. The number of ether oxygens (including phenoxy) is 1. The van der Waals surface area contributed by atoms with E-state index in [0.717, 1.165) is 17.6 Å². The maximum Gasteiger partial charge on any atom is 0.0728 e. The van der Waals surface area contributed by atoms with Crippen molar-refractivity contribution in [2.75, 3.05) is 20.2 Å². The fourth-order valence-corrected chi connectivity index (χ4v) is 1.37. The van der Waals surface area contributed by atoms with Gasteiger partial charge >= 0.3 is 0 Å². The van der Waals surface area contributed by atoms with Crippen molar-refractivity contribution in [1.29, 1.82) is 0 Å². The monoisotopic (exact) mass is 243 g/mol. The molecular weight excluding hydrogens is 230 g/mol. The Kier molecular flexibility index (Phi) is 5.05. The van der Waals surface area contributed by atoms with E-state index in [2.05, 4.69) is 27.3 Å². The van der Waals surface area contributed by atoms with Crippen LogP contribution in [-0.4, -0.2) is 20.2 Å². The van der Waals surface area contributed by atoms with Crippen molar-refractivity contribution >= 4 is 15.9 Å². The first-order chi connectivity index (χ1) is 6.34. The summed E-state index contributed by atoms with van der Waals surface area (Å²) >= 11 is 3.47. The first kappa shape index (κ1) is 10.7. The zero-order valence-corrected chi connectivity index (χ0v) is 9.30. The van der Waals surface area contributed by atoms with Gasteiger partial charge in [0.2, 0.25) is 0 Å². The topological polar surface area (TPSA) is 21.3 Å². The normalized spacial score (nSPS) is 10.3. The van der Waals surface area contributed by atoms with Gasteiger partial charge in [-0.3, -0.25) is 0 Å². The number of likely N-dealkylation sites (N-methyl/N-ethyl adjacent to an activating group) is 1. The van der Waals surface area contributed by atoms with Crippen LogP contribution in [0, 0.1) is 0 Å². The lowest BCUT2D eigenvalue weighted by Crippen LogP contribution is -2.14. The van der Waals surface area contributed by atoms with Crippen LogP contribution >= 0.6 is 15.9 Å². The number of benzene rings is 1. The SMILES string of the molecule is CNCCOCc1ccccc1Br. The Balaban J connectivity index is 2.32. The van der Waals surface area contributed by atoms with Gasteiger partial charge in [-0.2, -0.15) is 0 Å². The summed E-state index contributed by atoms with van der Waals surface area (Å²) in [5.41, 5.74) is 1.19. The molecule has 0 saturated heterocycles. The molecule has 0 saturated carbocycles. The van der Waals surface area contributed by atoms with Crippen molar-refractivity contribution < 1.29 is 4.74 Å². The summed E-state index contributed by atoms with van der Waals surface area (Å²) in [5, 5.41) is 3.03. The van der Waals surface area contributed by atoms with Crippen molar-refractivity contribution in [3.63, 3.8) is 0 Å². The van der Waals surface area contributed by atoms with E-state index in [1.807, 2.05) is 25.2 Å². The summed E-state index contributed by atoms with van der Waals surface area (Å²) in [5.74, 6) is 0. The molecule has 0 radical (unpaired) electrons. The standard InChI is InChI=1S/C10H14BrNO/c1-12-6-7-13-8-9-4-2-3-5-10(9)11/h2-5,12H,6-8H2,1H3. The van der Waals surface area contributed by atoms with Gasteiger partial charge in [0, 0.05) is 11.0 Å². The highest BCUT2D eigenvalue weighted by atomic mass is 79.9. The molecule has 1 N–H and O–H groups in total. The maximum atomic E-state index is 5.45. The molecule has 0 bridgehead atoms. The summed E-state index contributed by atoms with van der Waals surface area (Å²) in [7, 11) is 1.92. The van der Waals surface area contributed by atoms with Gasteiger partial charge in [-0.05, 0) is 18.7 Å². The van der Waals surface area contributed by atoms with Gasteiger partial charge in [0.1, 0.15) is 0 Å². The molecule has 3 heteroatoms. The Labute approximate surface area is 87.4 Å². The maximum absolute atomic E-state index is 5.45. The fourth-order valence-electron chi connectivity index (χ4n) is 0.972. The van der Waals surface area contributed by atoms with Crippen LogP contribution in [0.15, 0.2) is 28.7 Å². The molecule has 1 aromatic carbocycles. The molecule has 0 atom stereocenters. The molecule has 13 heavy (non-hydrogen) atoms. The molecule has 0 aliphatic heterocycles. The predicted molar refractivity (Wildman–Crippen MR) is 57.7 cm³/mol. The van der Waals surface area contributed by atoms with E-state index in [4.69, 9.17) is 4.74 Å². The van der Waals surface area contributed by atoms with E-state index in [1.165, 1.54) is 5.56 Å². The van der Waals surface area contributed by atoms with Crippen LogP contribution in [0.25, 0.3) is 0 Å². The van der Waals surface area contributed by atoms with Crippen molar-refractivity contribution in [1.82, 2.24) is 5.32 Å². The molecule has 0 spiro atoms. The summed E-state index contributed by atoms with van der Waals surface area (Å²) < 4.78 is 6.56. The molecule has 2 nitrogen and oxygen atoms in total. The van der Waals surface area contributed by atoms with E-state index in [1.54, 1.807) is 0 Å². The van der Waals surface area contributed by atoms with Gasteiger partial charge in [0.05, 0.1) is 13.2 Å². The van der Waals surface area contributed by atoms with Crippen LogP contribution in [0.3, 0.4) is 0 Å². The highest BCUT2D eigenvalue weighted by molar-refractivity contribution is 9.10. The van der Waals surface area contributed by atoms with Crippen LogP contribution in [0.5, 0.6) is 0 Å². The van der Waals surface area contributed by atoms with Crippen LogP contribution in [0.4, 0.5) is 0 Å². The molecule has 72 valence electrons. The lowest BCUT2D eigenvalue weighted by molar-refractivity contribution is 0.123. The molecule has 0 amide bonds. The Morgan fingerprint density at radius 1 is 1.38 bits per heavy atom. The van der Waals surface area contributed by atoms with Gasteiger partial charge in [0.25, 0.3) is 0 Å². The zero-order chi connectivity index (χ0) is 9.52. The van der Waals surface area contributed by atoms with Crippen molar-refractivity contribution in [2.24, 2.45) is 0 Å². The van der Waals surface area contributed by atoms with Crippen LogP contribution in [0.1, 0.15) is 5.56 Å². The van der Waals surface area contributed by atoms with Gasteiger partial charge in [-0.15, -0.1) is 0 Å². The number of hydrogen-bond donors (Lipinski definition) is 1. The molecule has 0 heterocycles. The van der Waals surface area contributed by atoms with E-state index < -0.39 is 0 Å². The average Bonchev–Trinajstić information content (AvgIpc) is 2.15. The largest absolute Gasteiger partial charge is 0.375 e. The second-order valence-corrected chi connectivity index (χ2v) is 3.60. The molecular formula is C10H14BrNO. The first-order valence-electron chi connectivity index (χ1n) is 4.30. The Hall–Kier alpha value is -0.380. The van der Waals surface area contributed by atoms with E-state index >= 15 is 0 Å². The minimum absolute atomic E-state index is 0.670. The van der Waals surface area contributed by atoms with Crippen LogP contribution in [0.2, 0.25) is 0 Å². The predicted octanol–water partition coefficient (Wildman–Crippen LogP) is 2.19. The van der Waals surface area contributed by atoms with E-state index in [-0.39, 0.29) is 0 Å². The smallest absolute Gasteiger partial charge is 0.0728 e. The van der Waals surface area contributed by atoms with Crippen molar-refractivity contribution in [2.45, 2.75) is 6.61 Å². The van der Waals surface area contributed by atoms with Gasteiger partial charge < -0.3 is 10.1 Å². The second kappa shape index (κ2) is 6.13. The second-order valence-electron chi connectivity index (χ2n) is 2.75. The quantitative estimate of drug-likeness (QED) is 0.801. The number of hydrogen-bond acceptors (Lipinski definition) is 2. The van der Waals surface area contributed by atoms with Crippen LogP contribution < -0.4 is 5.32 Å². The average molecular weight is 244 g/mol. The fraction of sp³-hybridized carbons (Fsp3) is 0.400. The summed E-state index contributed by atoms with van der Waals surface area (Å²) in [4.78, 5) is 0. The number of nitrogens with one attached hydrogen (secondary N) is 1. The molecule has 1 aromatic rings. The minimum atomic E-state index is 0.670. The number of halogens is 1. The molecule has 0 fully saturated rings. The Bertz CT molecular complexity index is 252. The van der Waals surface area contributed by atoms with E-state index in [0.29, 0.717) is 6.61 Å². The minimum Gasteiger partial charge on any atom is -0.375 e. The summed E-state index contributed by atoms with van der Waals surface area (Å²) in [6.07, 6.45) is 0. The highest BCUT2D eigenvalue weighted by Gasteiger charge is 1.96. The van der Waals surface area contributed by atoms with Gasteiger partial charge in [-0.1, -0.05) is 34.1 Å². The molecule has 1 rings (SSSR count). The summed E-state index contributed by atoms with van der Waals surface area (Å²) in [6.45, 7) is 2.31. The van der Waals surface area contributed by atoms with Gasteiger partial charge in [-0.25, -0.2) is 0 Å². The Morgan fingerprint density at radius 3 is 2.85 bits per heavy atom. The highest BCUT2D eigenvalue weighted by Crippen LogP contribution is 2.16. The Morgan fingerprint density at radius 2 is 2.15 bits per heavy atom. The van der Waals surface area contributed by atoms with Gasteiger partial charge in [0.15, 0.2) is 0 Å². The lowest BCUT2D eigenvalue weighted by atomic mass is 10.2. The van der Waals surface area contributed by atoms with Crippen molar-refractivity contribution in [3.8, 4) is 0 Å². The molecule has 0 aromatic heterocycles. The zero-order valence-electron chi connectivity index (χ0n) is 7.72. The first-order valence-corrected chi connectivity index (χ1v) is 5.09. The van der Waals surface area contributed by atoms with Crippen LogP contribution in [-0.2, 0) is 11.3 Å². The molecule has 0 aliphatic rings. The third-order valence-corrected chi connectivity index (χ3v) is 2.49. The third-order valence-electron chi connectivity index (χ3n) is 1.71. The molecule has 0 aliphatic carbocycles. The molecule has 0 unspecified atom stereocenters. The lowest BCUT2D eigenvalue weighted by Gasteiger charge is -2.05. The van der Waals surface area contributed by atoms with E-state index in [9.17, 15) is 0 Å².